The van der Waals surface area contributed by atoms with E-state index in [-0.39, 0.29) is 5.91 Å². The van der Waals surface area contributed by atoms with Crippen LogP contribution < -0.4 is 5.32 Å². The number of carbonyl (C=O) groups excluding carboxylic acids is 1. The molecule has 0 fully saturated rings. The van der Waals surface area contributed by atoms with Crippen LogP contribution in [0, 0.1) is 6.92 Å². The molecule has 2 nitrogen and oxygen atoms in total. The number of anilines is 1. The van der Waals surface area contributed by atoms with Crippen LogP contribution in [0.25, 0.3) is 0 Å². The van der Waals surface area contributed by atoms with Crippen molar-refractivity contribution in [3.8, 4) is 0 Å². The van der Waals surface area contributed by atoms with Crippen LogP contribution in [-0.2, 0) is 4.79 Å². The Kier molecular flexibility index (Phi) is 3.08. The topological polar surface area (TPSA) is 29.1 Å². The van der Waals surface area contributed by atoms with Gasteiger partial charge in [-0.15, -0.1) is 0 Å². The summed E-state index contributed by atoms with van der Waals surface area (Å²) in [5.74, 6) is 0.415. The Morgan fingerprint density at radius 2 is 1.89 bits per heavy atom. The first-order valence-electron chi connectivity index (χ1n) is 6.69. The van der Waals surface area contributed by atoms with Crippen molar-refractivity contribution in [2.24, 2.45) is 0 Å². The number of aryl methyl sites for hydroxylation is 1. The molecule has 1 amide bonds. The SMILES string of the molecule is Cc1ccc2c(c1)[C@@H](c1ccccc1)CCC(=O)N2. The lowest BCUT2D eigenvalue weighted by Crippen LogP contribution is -2.09. The predicted molar refractivity (Wildman–Crippen MR) is 77.3 cm³/mol. The molecule has 0 saturated heterocycles. The summed E-state index contributed by atoms with van der Waals surface area (Å²) in [4.78, 5) is 11.8. The Hall–Kier alpha value is -2.09. The second kappa shape index (κ2) is 4.88. The maximum absolute atomic E-state index is 11.8. The van der Waals surface area contributed by atoms with E-state index >= 15 is 0 Å². The predicted octanol–water partition coefficient (Wildman–Crippen LogP) is 3.86. The molecule has 19 heavy (non-hydrogen) atoms. The Balaban J connectivity index is 2.11. The molecule has 0 bridgehead atoms. The molecular formula is C17H17NO. The summed E-state index contributed by atoms with van der Waals surface area (Å²) in [5.41, 5.74) is 4.71. The minimum absolute atomic E-state index is 0.114. The number of benzene rings is 2. The highest BCUT2D eigenvalue weighted by atomic mass is 16.1. The van der Waals surface area contributed by atoms with Crippen molar-refractivity contribution in [1.29, 1.82) is 0 Å². The van der Waals surface area contributed by atoms with Gasteiger partial charge in [0.05, 0.1) is 0 Å². The van der Waals surface area contributed by atoms with Crippen molar-refractivity contribution in [3.63, 3.8) is 0 Å². The first-order valence-corrected chi connectivity index (χ1v) is 6.69. The van der Waals surface area contributed by atoms with Crippen LogP contribution in [0.2, 0.25) is 0 Å². The van der Waals surface area contributed by atoms with Gasteiger partial charge >= 0.3 is 0 Å². The fourth-order valence-corrected chi connectivity index (χ4v) is 2.76. The van der Waals surface area contributed by atoms with E-state index in [2.05, 4.69) is 42.6 Å². The van der Waals surface area contributed by atoms with Crippen molar-refractivity contribution < 1.29 is 4.79 Å². The maximum Gasteiger partial charge on any atom is 0.224 e. The lowest BCUT2D eigenvalue weighted by atomic mass is 9.87. The summed E-state index contributed by atoms with van der Waals surface area (Å²) in [5, 5.41) is 3.01. The van der Waals surface area contributed by atoms with Gasteiger partial charge in [0.1, 0.15) is 0 Å². The highest BCUT2D eigenvalue weighted by molar-refractivity contribution is 5.92. The molecule has 0 spiro atoms. The molecule has 96 valence electrons. The zero-order valence-corrected chi connectivity index (χ0v) is 11.0. The van der Waals surface area contributed by atoms with Crippen molar-refractivity contribution in [2.45, 2.75) is 25.7 Å². The Morgan fingerprint density at radius 1 is 1.11 bits per heavy atom. The molecule has 2 heteroatoms. The number of nitrogens with one attached hydrogen (secondary N) is 1. The normalized spacial score (nSPS) is 18.4. The number of amides is 1. The van der Waals surface area contributed by atoms with Gasteiger partial charge in [-0.2, -0.15) is 0 Å². The molecule has 1 heterocycles. The summed E-state index contributed by atoms with van der Waals surface area (Å²) in [6.07, 6.45) is 1.44. The molecule has 1 atom stereocenters. The van der Waals surface area contributed by atoms with E-state index in [0.717, 1.165) is 12.1 Å². The summed E-state index contributed by atoms with van der Waals surface area (Å²) < 4.78 is 0. The van der Waals surface area contributed by atoms with Crippen molar-refractivity contribution >= 4 is 11.6 Å². The molecule has 1 aliphatic heterocycles. The monoisotopic (exact) mass is 251 g/mol. The molecule has 0 radical (unpaired) electrons. The number of hydrogen-bond donors (Lipinski definition) is 1. The number of fused-ring (bicyclic) bond motifs is 1. The molecule has 1 N–H and O–H groups in total. The molecule has 0 aromatic heterocycles. The van der Waals surface area contributed by atoms with Crippen LogP contribution in [0.3, 0.4) is 0 Å². The second-order valence-corrected chi connectivity index (χ2v) is 5.14. The van der Waals surface area contributed by atoms with E-state index in [1.165, 1.54) is 16.7 Å². The van der Waals surface area contributed by atoms with Crippen LogP contribution in [0.5, 0.6) is 0 Å². The summed E-state index contributed by atoms with van der Waals surface area (Å²) >= 11 is 0. The van der Waals surface area contributed by atoms with Crippen molar-refractivity contribution in [1.82, 2.24) is 0 Å². The number of hydrogen-bond acceptors (Lipinski definition) is 1. The first-order chi connectivity index (χ1) is 9.24. The van der Waals surface area contributed by atoms with Crippen molar-refractivity contribution in [2.75, 3.05) is 5.32 Å². The van der Waals surface area contributed by atoms with Crippen LogP contribution in [-0.4, -0.2) is 5.91 Å². The van der Waals surface area contributed by atoms with E-state index in [1.54, 1.807) is 0 Å². The van der Waals surface area contributed by atoms with Gasteiger partial charge in [0, 0.05) is 18.0 Å². The second-order valence-electron chi connectivity index (χ2n) is 5.14. The van der Waals surface area contributed by atoms with Gasteiger partial charge in [-0.05, 0) is 30.5 Å². The summed E-state index contributed by atoms with van der Waals surface area (Å²) in [7, 11) is 0. The molecule has 1 aliphatic rings. The molecule has 2 aromatic carbocycles. The van der Waals surface area contributed by atoms with E-state index in [9.17, 15) is 4.79 Å². The molecule has 3 rings (SSSR count). The maximum atomic E-state index is 11.8. The van der Waals surface area contributed by atoms with Gasteiger partial charge in [-0.3, -0.25) is 4.79 Å². The first kappa shape index (κ1) is 12.0. The molecule has 2 aromatic rings. The minimum atomic E-state index is 0.114. The molecule has 0 unspecified atom stereocenters. The highest BCUT2D eigenvalue weighted by Crippen LogP contribution is 2.36. The Labute approximate surface area is 113 Å². The van der Waals surface area contributed by atoms with E-state index < -0.39 is 0 Å². The fraction of sp³-hybridized carbons (Fsp3) is 0.235. The van der Waals surface area contributed by atoms with E-state index in [0.29, 0.717) is 12.3 Å². The quantitative estimate of drug-likeness (QED) is 0.819. The van der Waals surface area contributed by atoms with Gasteiger partial charge in [0.15, 0.2) is 0 Å². The smallest absolute Gasteiger partial charge is 0.224 e. The van der Waals surface area contributed by atoms with Crippen LogP contribution in [0.1, 0.15) is 35.4 Å². The summed E-state index contributed by atoms with van der Waals surface area (Å²) in [6.45, 7) is 2.09. The Morgan fingerprint density at radius 3 is 2.68 bits per heavy atom. The van der Waals surface area contributed by atoms with Gasteiger partial charge < -0.3 is 5.32 Å². The van der Waals surface area contributed by atoms with Gasteiger partial charge in [-0.25, -0.2) is 0 Å². The highest BCUT2D eigenvalue weighted by Gasteiger charge is 2.23. The average molecular weight is 251 g/mol. The molecule has 0 saturated carbocycles. The third-order valence-corrected chi connectivity index (χ3v) is 3.72. The van der Waals surface area contributed by atoms with Gasteiger partial charge in [-0.1, -0.05) is 48.0 Å². The lowest BCUT2D eigenvalue weighted by molar-refractivity contribution is -0.116. The van der Waals surface area contributed by atoms with Crippen molar-refractivity contribution in [3.05, 3.63) is 65.2 Å². The third-order valence-electron chi connectivity index (χ3n) is 3.72. The fourth-order valence-electron chi connectivity index (χ4n) is 2.76. The van der Waals surface area contributed by atoms with Crippen LogP contribution in [0.4, 0.5) is 5.69 Å². The van der Waals surface area contributed by atoms with E-state index in [1.807, 2.05) is 18.2 Å². The number of carbonyl (C=O) groups is 1. The van der Waals surface area contributed by atoms with Crippen LogP contribution in [0.15, 0.2) is 48.5 Å². The zero-order chi connectivity index (χ0) is 13.2. The van der Waals surface area contributed by atoms with Crippen LogP contribution >= 0.6 is 0 Å². The zero-order valence-electron chi connectivity index (χ0n) is 11.0. The Bertz CT molecular complexity index is 604. The molecule has 0 aliphatic carbocycles. The van der Waals surface area contributed by atoms with E-state index in [4.69, 9.17) is 0 Å². The number of rotatable bonds is 1. The molecular weight excluding hydrogens is 234 g/mol. The third kappa shape index (κ3) is 2.39. The van der Waals surface area contributed by atoms with Gasteiger partial charge in [0.2, 0.25) is 5.91 Å². The lowest BCUT2D eigenvalue weighted by Gasteiger charge is -2.18. The van der Waals surface area contributed by atoms with Gasteiger partial charge in [0.25, 0.3) is 0 Å². The largest absolute Gasteiger partial charge is 0.326 e. The average Bonchev–Trinajstić information content (AvgIpc) is 2.58. The standard InChI is InChI=1S/C17H17NO/c1-12-7-9-16-15(11-12)14(8-10-17(19)18-16)13-5-3-2-4-6-13/h2-7,9,11,14H,8,10H2,1H3,(H,18,19)/t14-/m1/s1. The summed E-state index contributed by atoms with van der Waals surface area (Å²) in [6, 6.07) is 16.7. The minimum Gasteiger partial charge on any atom is -0.326 e.